The van der Waals surface area contributed by atoms with Gasteiger partial charge in [-0.15, -0.1) is 0 Å². The number of halogens is 2. The first-order chi connectivity index (χ1) is 9.67. The number of hydrogen-bond acceptors (Lipinski definition) is 4. The number of nitrogens with zero attached hydrogens (tertiary/aromatic N) is 1. The first-order valence-electron chi connectivity index (χ1n) is 6.69. The van der Waals surface area contributed by atoms with E-state index < -0.39 is 5.82 Å². The van der Waals surface area contributed by atoms with Crippen LogP contribution in [0, 0.1) is 5.82 Å². The fourth-order valence-corrected chi connectivity index (χ4v) is 2.90. The topological polar surface area (TPSA) is 33.7 Å². The van der Waals surface area contributed by atoms with Gasteiger partial charge in [0.2, 0.25) is 0 Å². The number of methoxy groups -OCH3 is 2. The van der Waals surface area contributed by atoms with E-state index in [1.165, 1.54) is 7.11 Å². The molecule has 20 heavy (non-hydrogen) atoms. The van der Waals surface area contributed by atoms with Crippen molar-refractivity contribution in [3.8, 4) is 11.5 Å². The maximum atomic E-state index is 14.0. The monoisotopic (exact) mass is 346 g/mol. The summed E-state index contributed by atoms with van der Waals surface area (Å²) in [7, 11) is 2.99. The highest BCUT2D eigenvalue weighted by Crippen LogP contribution is 2.38. The highest BCUT2D eigenvalue weighted by Gasteiger charge is 2.19. The molecule has 4 nitrogen and oxygen atoms in total. The molecule has 1 aromatic carbocycles. The maximum absolute atomic E-state index is 14.0. The predicted octanol–water partition coefficient (Wildman–Crippen LogP) is 2.05. The van der Waals surface area contributed by atoms with Crippen LogP contribution < -0.4 is 14.8 Å². The molecule has 0 saturated carbocycles. The van der Waals surface area contributed by atoms with Crippen LogP contribution in [0.25, 0.3) is 0 Å². The van der Waals surface area contributed by atoms with Crippen molar-refractivity contribution >= 4 is 15.9 Å². The van der Waals surface area contributed by atoms with E-state index in [4.69, 9.17) is 9.47 Å². The van der Waals surface area contributed by atoms with Crippen LogP contribution in [0.5, 0.6) is 11.5 Å². The lowest BCUT2D eigenvalue weighted by Crippen LogP contribution is -2.44. The summed E-state index contributed by atoms with van der Waals surface area (Å²) < 4.78 is 24.8. The van der Waals surface area contributed by atoms with Gasteiger partial charge in [0.15, 0.2) is 17.3 Å². The predicted molar refractivity (Wildman–Crippen MR) is 80.2 cm³/mol. The molecule has 0 aliphatic carbocycles. The van der Waals surface area contributed by atoms with E-state index in [1.54, 1.807) is 13.2 Å². The summed E-state index contributed by atoms with van der Waals surface area (Å²) in [6.07, 6.45) is 0.804. The van der Waals surface area contributed by atoms with Crippen molar-refractivity contribution in [3.63, 3.8) is 0 Å². The molecule has 0 bridgehead atoms. The molecule has 2 rings (SSSR count). The van der Waals surface area contributed by atoms with E-state index in [1.807, 2.05) is 0 Å². The highest BCUT2D eigenvalue weighted by atomic mass is 79.9. The van der Waals surface area contributed by atoms with E-state index in [2.05, 4.69) is 26.1 Å². The number of piperazine rings is 1. The maximum Gasteiger partial charge on any atom is 0.198 e. The number of benzene rings is 1. The van der Waals surface area contributed by atoms with Gasteiger partial charge in [-0.3, -0.25) is 0 Å². The lowest BCUT2D eigenvalue weighted by Gasteiger charge is -2.27. The Labute approximate surface area is 127 Å². The Morgan fingerprint density at radius 3 is 2.50 bits per heavy atom. The Morgan fingerprint density at radius 1 is 1.25 bits per heavy atom. The van der Waals surface area contributed by atoms with Gasteiger partial charge in [-0.1, -0.05) is 0 Å². The Morgan fingerprint density at radius 2 is 1.90 bits per heavy atom. The van der Waals surface area contributed by atoms with Gasteiger partial charge in [-0.2, -0.15) is 0 Å². The summed E-state index contributed by atoms with van der Waals surface area (Å²) in [6.45, 7) is 5.06. The smallest absolute Gasteiger partial charge is 0.198 e. The molecule has 1 aromatic rings. The first kappa shape index (κ1) is 15.5. The van der Waals surface area contributed by atoms with Crippen LogP contribution in [-0.2, 0) is 6.42 Å². The van der Waals surface area contributed by atoms with Crippen molar-refractivity contribution in [1.82, 2.24) is 10.2 Å². The van der Waals surface area contributed by atoms with Crippen LogP contribution in [0.3, 0.4) is 0 Å². The van der Waals surface area contributed by atoms with Crippen molar-refractivity contribution in [3.05, 3.63) is 21.9 Å². The normalized spacial score (nSPS) is 16.2. The van der Waals surface area contributed by atoms with E-state index >= 15 is 0 Å². The third-order valence-electron chi connectivity index (χ3n) is 3.52. The first-order valence-corrected chi connectivity index (χ1v) is 7.48. The molecule has 6 heteroatoms. The van der Waals surface area contributed by atoms with E-state index in [0.717, 1.165) is 44.7 Å². The molecule has 1 aliphatic heterocycles. The molecule has 0 unspecified atom stereocenters. The second-order valence-corrected chi connectivity index (χ2v) is 5.59. The zero-order valence-electron chi connectivity index (χ0n) is 11.8. The Hall–Kier alpha value is -0.850. The fraction of sp³-hybridized carbons (Fsp3) is 0.571. The van der Waals surface area contributed by atoms with Crippen molar-refractivity contribution in [2.75, 3.05) is 46.9 Å². The fourth-order valence-electron chi connectivity index (χ4n) is 2.44. The summed E-state index contributed by atoms with van der Waals surface area (Å²) in [6, 6.07) is 1.78. The molecule has 1 aliphatic rings. The largest absolute Gasteiger partial charge is 0.492 e. The molecule has 0 spiro atoms. The number of rotatable bonds is 5. The van der Waals surface area contributed by atoms with Crippen LogP contribution in [0.15, 0.2) is 10.5 Å². The third kappa shape index (κ3) is 3.42. The minimum atomic E-state index is -0.421. The quantitative estimate of drug-likeness (QED) is 0.884. The van der Waals surface area contributed by atoms with Gasteiger partial charge >= 0.3 is 0 Å². The average molecular weight is 347 g/mol. The van der Waals surface area contributed by atoms with Gasteiger partial charge < -0.3 is 19.7 Å². The summed E-state index contributed by atoms with van der Waals surface area (Å²) >= 11 is 3.23. The van der Waals surface area contributed by atoms with Crippen molar-refractivity contribution in [1.29, 1.82) is 0 Å². The molecule has 1 fully saturated rings. The molecular weight excluding hydrogens is 327 g/mol. The molecule has 1 heterocycles. The van der Waals surface area contributed by atoms with Crippen molar-refractivity contribution < 1.29 is 13.9 Å². The zero-order valence-corrected chi connectivity index (χ0v) is 13.4. The van der Waals surface area contributed by atoms with Gasteiger partial charge in [0, 0.05) is 38.3 Å². The van der Waals surface area contributed by atoms with Gasteiger partial charge in [0.25, 0.3) is 0 Å². The highest BCUT2D eigenvalue weighted by molar-refractivity contribution is 9.10. The molecule has 1 N–H and O–H groups in total. The SMILES string of the molecule is COc1c(CCN2CCNCC2)cc(Br)c(F)c1OC. The van der Waals surface area contributed by atoms with Gasteiger partial charge in [0.05, 0.1) is 18.7 Å². The number of ether oxygens (including phenoxy) is 2. The molecule has 0 atom stereocenters. The van der Waals surface area contributed by atoms with E-state index in [9.17, 15) is 4.39 Å². The standard InChI is InChI=1S/C14H20BrFN2O2/c1-19-13-10(3-6-18-7-4-17-5-8-18)9-11(15)12(16)14(13)20-2/h9,17H,3-8H2,1-2H3. The van der Waals surface area contributed by atoms with E-state index in [0.29, 0.717) is 10.2 Å². The molecule has 0 amide bonds. The van der Waals surface area contributed by atoms with Crippen LogP contribution in [0.1, 0.15) is 5.56 Å². The molecule has 112 valence electrons. The lowest BCUT2D eigenvalue weighted by molar-refractivity contribution is 0.242. The summed E-state index contributed by atoms with van der Waals surface area (Å²) in [5, 5.41) is 3.33. The third-order valence-corrected chi connectivity index (χ3v) is 4.10. The van der Waals surface area contributed by atoms with Crippen LogP contribution in [0.2, 0.25) is 0 Å². The Bertz CT molecular complexity index is 465. The van der Waals surface area contributed by atoms with Crippen molar-refractivity contribution in [2.45, 2.75) is 6.42 Å². The second kappa shape index (κ2) is 7.24. The minimum absolute atomic E-state index is 0.164. The Balaban J connectivity index is 2.15. The van der Waals surface area contributed by atoms with Gasteiger partial charge in [0.1, 0.15) is 0 Å². The van der Waals surface area contributed by atoms with Crippen LogP contribution >= 0.6 is 15.9 Å². The van der Waals surface area contributed by atoms with Gasteiger partial charge in [-0.05, 0) is 28.4 Å². The van der Waals surface area contributed by atoms with Gasteiger partial charge in [-0.25, -0.2) is 4.39 Å². The second-order valence-electron chi connectivity index (χ2n) is 4.74. The van der Waals surface area contributed by atoms with E-state index in [-0.39, 0.29) is 5.75 Å². The van der Waals surface area contributed by atoms with Crippen molar-refractivity contribution in [2.24, 2.45) is 0 Å². The number of nitrogens with one attached hydrogen (secondary N) is 1. The lowest BCUT2D eigenvalue weighted by atomic mass is 10.1. The minimum Gasteiger partial charge on any atom is -0.492 e. The molecular formula is C14H20BrFN2O2. The summed E-state index contributed by atoms with van der Waals surface area (Å²) in [4.78, 5) is 2.39. The average Bonchev–Trinajstić information content (AvgIpc) is 2.48. The molecule has 0 radical (unpaired) electrons. The van der Waals surface area contributed by atoms with Crippen LogP contribution in [0.4, 0.5) is 4.39 Å². The summed E-state index contributed by atoms with van der Waals surface area (Å²) in [5.74, 6) is 0.232. The Kier molecular flexibility index (Phi) is 5.63. The summed E-state index contributed by atoms with van der Waals surface area (Å²) in [5.41, 5.74) is 0.955. The zero-order chi connectivity index (χ0) is 14.5. The van der Waals surface area contributed by atoms with Crippen LogP contribution in [-0.4, -0.2) is 51.8 Å². The molecule has 1 saturated heterocycles. The molecule has 0 aromatic heterocycles. The number of hydrogen-bond donors (Lipinski definition) is 1.